The minimum atomic E-state index is -0.638. The molecule has 0 radical (unpaired) electrons. The van der Waals surface area contributed by atoms with Crippen LogP contribution in [0.2, 0.25) is 0 Å². The van der Waals surface area contributed by atoms with Crippen molar-refractivity contribution in [2.24, 2.45) is 0 Å². The van der Waals surface area contributed by atoms with Crippen LogP contribution in [0.3, 0.4) is 0 Å². The van der Waals surface area contributed by atoms with Crippen molar-refractivity contribution in [2.45, 2.75) is 38.9 Å². The number of nitrogens with one attached hydrogen (secondary N) is 3. The Morgan fingerprint density at radius 3 is 2.54 bits per heavy atom. The highest BCUT2D eigenvalue weighted by Crippen LogP contribution is 2.28. The van der Waals surface area contributed by atoms with Crippen molar-refractivity contribution in [3.8, 4) is 0 Å². The van der Waals surface area contributed by atoms with E-state index in [-0.39, 0.29) is 11.8 Å². The summed E-state index contributed by atoms with van der Waals surface area (Å²) in [5, 5.41) is 6.86. The molecule has 178 valence electrons. The van der Waals surface area contributed by atoms with Crippen LogP contribution in [0.4, 0.5) is 5.69 Å². The fourth-order valence-corrected chi connectivity index (χ4v) is 4.84. The second-order valence-electron chi connectivity index (χ2n) is 9.15. The lowest BCUT2D eigenvalue weighted by atomic mass is 10.0. The molecule has 1 aromatic heterocycles. The summed E-state index contributed by atoms with van der Waals surface area (Å²) in [4.78, 5) is 30.4. The number of hydrogen-bond donors (Lipinski definition) is 3. The third-order valence-electron chi connectivity index (χ3n) is 6.64. The van der Waals surface area contributed by atoms with E-state index in [1.807, 2.05) is 30.5 Å². The molecular weight excluding hydrogens is 436 g/mol. The van der Waals surface area contributed by atoms with Crippen LogP contribution in [0.5, 0.6) is 0 Å². The molecule has 1 aliphatic rings. The van der Waals surface area contributed by atoms with Crippen molar-refractivity contribution < 1.29 is 9.59 Å². The Bertz CT molecular complexity index is 1340. The van der Waals surface area contributed by atoms with Crippen molar-refractivity contribution in [1.82, 2.24) is 15.6 Å². The third kappa shape index (κ3) is 5.22. The Kier molecular flexibility index (Phi) is 6.53. The number of carbonyl (C=O) groups excluding carboxylic acids is 2. The van der Waals surface area contributed by atoms with Crippen molar-refractivity contribution >= 4 is 28.4 Å². The molecule has 0 fully saturated rings. The number of anilines is 1. The maximum absolute atomic E-state index is 13.0. The van der Waals surface area contributed by atoms with Crippen LogP contribution < -0.4 is 15.5 Å². The van der Waals surface area contributed by atoms with Crippen LogP contribution in [0.1, 0.15) is 29.2 Å². The van der Waals surface area contributed by atoms with Gasteiger partial charge in [0.1, 0.15) is 6.04 Å². The van der Waals surface area contributed by atoms with Gasteiger partial charge in [-0.15, -0.1) is 0 Å². The van der Waals surface area contributed by atoms with E-state index in [1.54, 1.807) is 0 Å². The Morgan fingerprint density at radius 1 is 0.971 bits per heavy atom. The van der Waals surface area contributed by atoms with Gasteiger partial charge in [0.2, 0.25) is 11.8 Å². The number of aromatic amines is 1. The van der Waals surface area contributed by atoms with Gasteiger partial charge < -0.3 is 20.5 Å². The van der Waals surface area contributed by atoms with Gasteiger partial charge >= 0.3 is 0 Å². The first-order valence-electron chi connectivity index (χ1n) is 12.1. The molecule has 35 heavy (non-hydrogen) atoms. The number of para-hydroxylation sites is 2. The average molecular weight is 467 g/mol. The zero-order chi connectivity index (χ0) is 24.2. The van der Waals surface area contributed by atoms with Gasteiger partial charge in [-0.2, -0.15) is 0 Å². The molecule has 4 aromatic rings. The standard InChI is InChI=1S/C29H30N4O2/c1-20(34)32-27(16-24-18-30-26-8-4-3-7-25(24)26)29(35)31-17-21-10-12-22(13-11-21)19-33-15-14-23-6-2-5-9-28(23)33/h2-13,18,27,30H,14-17,19H2,1H3,(H,31,35)(H,32,34). The lowest BCUT2D eigenvalue weighted by Crippen LogP contribution is -2.47. The van der Waals surface area contributed by atoms with Crippen LogP contribution >= 0.6 is 0 Å². The summed E-state index contributed by atoms with van der Waals surface area (Å²) in [5.41, 5.74) is 7.02. The summed E-state index contributed by atoms with van der Waals surface area (Å²) in [6.07, 6.45) is 3.42. The maximum atomic E-state index is 13.0. The van der Waals surface area contributed by atoms with Gasteiger partial charge in [0.05, 0.1) is 0 Å². The number of benzene rings is 3. The van der Waals surface area contributed by atoms with E-state index in [1.165, 1.54) is 23.7 Å². The highest BCUT2D eigenvalue weighted by molar-refractivity contribution is 5.89. The van der Waals surface area contributed by atoms with Gasteiger partial charge in [-0.25, -0.2) is 0 Å². The van der Waals surface area contributed by atoms with Crippen LogP contribution in [0, 0.1) is 0 Å². The quantitative estimate of drug-likeness (QED) is 0.366. The van der Waals surface area contributed by atoms with E-state index in [9.17, 15) is 9.59 Å². The zero-order valence-corrected chi connectivity index (χ0v) is 19.9. The van der Waals surface area contributed by atoms with Crippen LogP contribution in [0.15, 0.2) is 79.0 Å². The number of carbonyl (C=O) groups is 2. The number of aromatic nitrogens is 1. The van der Waals surface area contributed by atoms with Crippen molar-refractivity contribution in [3.63, 3.8) is 0 Å². The molecule has 0 saturated heterocycles. The largest absolute Gasteiger partial charge is 0.367 e. The molecule has 0 aliphatic carbocycles. The predicted octanol–water partition coefficient (Wildman–Crippen LogP) is 4.09. The Hall–Kier alpha value is -4.06. The SMILES string of the molecule is CC(=O)NC(Cc1c[nH]c2ccccc12)C(=O)NCc1ccc(CN2CCc3ccccc32)cc1. The molecule has 1 atom stereocenters. The maximum Gasteiger partial charge on any atom is 0.243 e. The fraction of sp³-hybridized carbons (Fsp3) is 0.241. The van der Waals surface area contributed by atoms with Gasteiger partial charge in [0, 0.05) is 55.8 Å². The molecule has 3 aromatic carbocycles. The predicted molar refractivity (Wildman–Crippen MR) is 139 cm³/mol. The molecule has 0 bridgehead atoms. The number of H-pyrrole nitrogens is 1. The molecule has 5 rings (SSSR count). The molecular formula is C29H30N4O2. The van der Waals surface area contributed by atoms with Gasteiger partial charge in [-0.1, -0.05) is 60.7 Å². The Balaban J connectivity index is 1.20. The third-order valence-corrected chi connectivity index (χ3v) is 6.64. The molecule has 2 amide bonds. The smallest absolute Gasteiger partial charge is 0.243 e. The van der Waals surface area contributed by atoms with Gasteiger partial charge in [0.25, 0.3) is 0 Å². The minimum absolute atomic E-state index is 0.191. The fourth-order valence-electron chi connectivity index (χ4n) is 4.84. The number of amides is 2. The van der Waals surface area contributed by atoms with Crippen LogP contribution in [-0.2, 0) is 35.5 Å². The normalized spacial score (nSPS) is 13.5. The number of hydrogen-bond acceptors (Lipinski definition) is 3. The van der Waals surface area contributed by atoms with Crippen molar-refractivity contribution in [1.29, 1.82) is 0 Å². The molecule has 1 aliphatic heterocycles. The second-order valence-corrected chi connectivity index (χ2v) is 9.15. The number of rotatable bonds is 8. The van der Waals surface area contributed by atoms with Gasteiger partial charge in [-0.05, 0) is 40.8 Å². The zero-order valence-electron chi connectivity index (χ0n) is 19.9. The molecule has 6 nitrogen and oxygen atoms in total. The molecule has 3 N–H and O–H groups in total. The first-order chi connectivity index (χ1) is 17.1. The first-order valence-corrected chi connectivity index (χ1v) is 12.1. The van der Waals surface area contributed by atoms with Gasteiger partial charge in [0.15, 0.2) is 0 Å². The minimum Gasteiger partial charge on any atom is -0.367 e. The lowest BCUT2D eigenvalue weighted by molar-refractivity contribution is -0.128. The molecule has 2 heterocycles. The topological polar surface area (TPSA) is 77.2 Å². The van der Waals surface area contributed by atoms with E-state index in [0.717, 1.165) is 41.5 Å². The molecule has 0 spiro atoms. The second kappa shape index (κ2) is 10.1. The number of fused-ring (bicyclic) bond motifs is 2. The van der Waals surface area contributed by atoms with E-state index in [2.05, 4.69) is 69.0 Å². The average Bonchev–Trinajstić information content (AvgIpc) is 3.47. The molecule has 0 saturated carbocycles. The van der Waals surface area contributed by atoms with Gasteiger partial charge in [-0.3, -0.25) is 9.59 Å². The lowest BCUT2D eigenvalue weighted by Gasteiger charge is -2.20. The summed E-state index contributed by atoms with van der Waals surface area (Å²) < 4.78 is 0. The van der Waals surface area contributed by atoms with E-state index in [0.29, 0.717) is 13.0 Å². The Morgan fingerprint density at radius 2 is 1.71 bits per heavy atom. The van der Waals surface area contributed by atoms with Crippen LogP contribution in [-0.4, -0.2) is 29.4 Å². The van der Waals surface area contributed by atoms with E-state index >= 15 is 0 Å². The first kappa shape index (κ1) is 22.7. The highest BCUT2D eigenvalue weighted by Gasteiger charge is 2.21. The van der Waals surface area contributed by atoms with Crippen LogP contribution in [0.25, 0.3) is 10.9 Å². The summed E-state index contributed by atoms with van der Waals surface area (Å²) >= 11 is 0. The summed E-state index contributed by atoms with van der Waals surface area (Å²) in [7, 11) is 0. The number of nitrogens with zero attached hydrogens (tertiary/aromatic N) is 1. The van der Waals surface area contributed by atoms with E-state index in [4.69, 9.17) is 0 Å². The Labute approximate surface area is 205 Å². The summed E-state index contributed by atoms with van der Waals surface area (Å²) in [6.45, 7) is 3.76. The van der Waals surface area contributed by atoms with E-state index < -0.39 is 6.04 Å². The molecule has 6 heteroatoms. The monoisotopic (exact) mass is 466 g/mol. The summed E-state index contributed by atoms with van der Waals surface area (Å²) in [5.74, 6) is -0.416. The van der Waals surface area contributed by atoms with Crippen molar-refractivity contribution in [2.75, 3.05) is 11.4 Å². The molecule has 1 unspecified atom stereocenters. The summed E-state index contributed by atoms with van der Waals surface area (Å²) in [6, 6.07) is 24.3. The van der Waals surface area contributed by atoms with Crippen molar-refractivity contribution in [3.05, 3.63) is 101 Å². The highest BCUT2D eigenvalue weighted by atomic mass is 16.2.